The van der Waals surface area contributed by atoms with Gasteiger partial charge < -0.3 is 14.3 Å². The van der Waals surface area contributed by atoms with Crippen LogP contribution in [0.1, 0.15) is 0 Å². The number of pyridine rings is 1. The SMILES string of the molecule is Fc1cc(Oc2ccn(-c3ccc4cc[nH]c4n3)c2)ccc1I. The number of aromatic nitrogens is 3. The number of H-pyrrole nitrogens is 1. The Labute approximate surface area is 145 Å². The molecule has 4 aromatic rings. The van der Waals surface area contributed by atoms with Gasteiger partial charge in [0.2, 0.25) is 0 Å². The first kappa shape index (κ1) is 14.3. The Hall–Kier alpha value is -2.35. The minimum atomic E-state index is -0.290. The van der Waals surface area contributed by atoms with Gasteiger partial charge in [-0.1, -0.05) is 0 Å². The van der Waals surface area contributed by atoms with Crippen LogP contribution in [0.4, 0.5) is 4.39 Å². The Morgan fingerprint density at radius 2 is 2.00 bits per heavy atom. The van der Waals surface area contributed by atoms with E-state index in [-0.39, 0.29) is 5.82 Å². The molecule has 0 aliphatic rings. The molecule has 0 spiro atoms. The molecule has 6 heteroatoms. The first-order valence-corrected chi connectivity index (χ1v) is 8.02. The summed E-state index contributed by atoms with van der Waals surface area (Å²) in [6.45, 7) is 0. The number of benzene rings is 1. The summed E-state index contributed by atoms with van der Waals surface area (Å²) in [5.74, 6) is 1.58. The molecule has 0 fully saturated rings. The van der Waals surface area contributed by atoms with E-state index >= 15 is 0 Å². The number of ether oxygens (including phenoxy) is 1. The molecule has 1 aromatic carbocycles. The van der Waals surface area contributed by atoms with Crippen LogP contribution in [0.2, 0.25) is 0 Å². The molecule has 114 valence electrons. The van der Waals surface area contributed by atoms with Gasteiger partial charge in [-0.05, 0) is 59.0 Å². The summed E-state index contributed by atoms with van der Waals surface area (Å²) < 4.78 is 21.7. The summed E-state index contributed by atoms with van der Waals surface area (Å²) in [4.78, 5) is 7.63. The van der Waals surface area contributed by atoms with Gasteiger partial charge in [0.05, 0.1) is 6.20 Å². The zero-order valence-electron chi connectivity index (χ0n) is 11.8. The molecule has 0 amide bonds. The van der Waals surface area contributed by atoms with Gasteiger partial charge in [-0.3, -0.25) is 0 Å². The second-order valence-electron chi connectivity index (χ2n) is 5.02. The Bertz CT molecular complexity index is 992. The van der Waals surface area contributed by atoms with Crippen molar-refractivity contribution in [1.29, 1.82) is 0 Å². The number of nitrogens with one attached hydrogen (secondary N) is 1. The Morgan fingerprint density at radius 3 is 2.87 bits per heavy atom. The lowest BCUT2D eigenvalue weighted by Crippen LogP contribution is -1.94. The van der Waals surface area contributed by atoms with Crippen molar-refractivity contribution in [2.75, 3.05) is 0 Å². The largest absolute Gasteiger partial charge is 0.456 e. The van der Waals surface area contributed by atoms with E-state index in [4.69, 9.17) is 4.74 Å². The average molecular weight is 419 g/mol. The van der Waals surface area contributed by atoms with Crippen LogP contribution in [0.15, 0.2) is 61.1 Å². The first-order chi connectivity index (χ1) is 11.2. The molecular weight excluding hydrogens is 408 g/mol. The number of aromatic amines is 1. The van der Waals surface area contributed by atoms with Gasteiger partial charge in [-0.25, -0.2) is 9.37 Å². The molecule has 0 saturated carbocycles. The van der Waals surface area contributed by atoms with E-state index in [1.807, 2.05) is 70.0 Å². The molecular formula is C17H11FIN3O. The van der Waals surface area contributed by atoms with Gasteiger partial charge in [0.25, 0.3) is 0 Å². The lowest BCUT2D eigenvalue weighted by atomic mass is 10.3. The highest BCUT2D eigenvalue weighted by molar-refractivity contribution is 14.1. The molecule has 4 rings (SSSR count). The summed E-state index contributed by atoms with van der Waals surface area (Å²) in [6.07, 6.45) is 5.53. The van der Waals surface area contributed by atoms with Gasteiger partial charge in [0.15, 0.2) is 0 Å². The Kier molecular flexibility index (Phi) is 3.53. The van der Waals surface area contributed by atoms with Crippen LogP contribution in [0.5, 0.6) is 11.5 Å². The fourth-order valence-electron chi connectivity index (χ4n) is 2.32. The number of rotatable bonds is 3. The fourth-order valence-corrected chi connectivity index (χ4v) is 2.66. The van der Waals surface area contributed by atoms with E-state index in [9.17, 15) is 4.39 Å². The van der Waals surface area contributed by atoms with E-state index in [0.29, 0.717) is 15.1 Å². The van der Waals surface area contributed by atoms with Crippen molar-refractivity contribution in [3.8, 4) is 17.3 Å². The van der Waals surface area contributed by atoms with Crippen LogP contribution in [0, 0.1) is 9.39 Å². The zero-order valence-corrected chi connectivity index (χ0v) is 14.0. The van der Waals surface area contributed by atoms with Crippen LogP contribution in [0.3, 0.4) is 0 Å². The predicted octanol–water partition coefficient (Wildman–Crippen LogP) is 4.89. The van der Waals surface area contributed by atoms with Crippen LogP contribution >= 0.6 is 22.6 Å². The second kappa shape index (κ2) is 5.69. The third kappa shape index (κ3) is 2.81. The highest BCUT2D eigenvalue weighted by Crippen LogP contribution is 2.25. The zero-order chi connectivity index (χ0) is 15.8. The van der Waals surface area contributed by atoms with E-state index in [1.54, 1.807) is 12.1 Å². The van der Waals surface area contributed by atoms with Crippen molar-refractivity contribution in [3.63, 3.8) is 0 Å². The standard InChI is InChI=1S/C17H11FIN3O/c18-14-9-12(2-3-15(14)19)23-13-6-8-22(10-13)16-4-1-11-5-7-20-17(11)21-16/h1-10H,(H,20,21). The summed E-state index contributed by atoms with van der Waals surface area (Å²) in [6, 6.07) is 12.5. The van der Waals surface area contributed by atoms with E-state index in [2.05, 4.69) is 9.97 Å². The van der Waals surface area contributed by atoms with Crippen molar-refractivity contribution in [2.24, 2.45) is 0 Å². The number of fused-ring (bicyclic) bond motifs is 1. The minimum absolute atomic E-state index is 0.290. The summed E-state index contributed by atoms with van der Waals surface area (Å²) in [7, 11) is 0. The quantitative estimate of drug-likeness (QED) is 0.481. The molecule has 0 radical (unpaired) electrons. The number of hydrogen-bond acceptors (Lipinski definition) is 2. The molecule has 4 nitrogen and oxygen atoms in total. The topological polar surface area (TPSA) is 42.8 Å². The molecule has 0 saturated heterocycles. The Balaban J connectivity index is 1.61. The Morgan fingerprint density at radius 1 is 1.09 bits per heavy atom. The molecule has 3 aromatic heterocycles. The monoisotopic (exact) mass is 419 g/mol. The van der Waals surface area contributed by atoms with Gasteiger partial charge >= 0.3 is 0 Å². The van der Waals surface area contributed by atoms with Gasteiger partial charge in [0, 0.05) is 27.4 Å². The van der Waals surface area contributed by atoms with Crippen LogP contribution < -0.4 is 4.74 Å². The average Bonchev–Trinajstić information content (AvgIpc) is 3.19. The molecule has 23 heavy (non-hydrogen) atoms. The third-order valence-corrected chi connectivity index (χ3v) is 4.33. The summed E-state index contributed by atoms with van der Waals surface area (Å²) in [5.41, 5.74) is 0.832. The number of halogens is 2. The maximum absolute atomic E-state index is 13.6. The lowest BCUT2D eigenvalue weighted by Gasteiger charge is -2.04. The maximum atomic E-state index is 13.6. The predicted molar refractivity (Wildman–Crippen MR) is 94.6 cm³/mol. The summed E-state index contributed by atoms with van der Waals surface area (Å²) >= 11 is 1.94. The van der Waals surface area contributed by atoms with Gasteiger partial charge in [0.1, 0.15) is 28.8 Å². The third-order valence-electron chi connectivity index (χ3n) is 3.45. The number of hydrogen-bond donors (Lipinski definition) is 1. The maximum Gasteiger partial charge on any atom is 0.145 e. The molecule has 0 atom stereocenters. The van der Waals surface area contributed by atoms with Crippen molar-refractivity contribution in [3.05, 3.63) is 70.4 Å². The van der Waals surface area contributed by atoms with Crippen LogP contribution in [-0.2, 0) is 0 Å². The van der Waals surface area contributed by atoms with E-state index in [0.717, 1.165) is 16.9 Å². The summed E-state index contributed by atoms with van der Waals surface area (Å²) in [5, 5.41) is 1.06. The van der Waals surface area contributed by atoms with Crippen molar-refractivity contribution < 1.29 is 9.13 Å². The first-order valence-electron chi connectivity index (χ1n) is 6.94. The second-order valence-corrected chi connectivity index (χ2v) is 6.18. The lowest BCUT2D eigenvalue weighted by molar-refractivity contribution is 0.476. The van der Waals surface area contributed by atoms with E-state index < -0.39 is 0 Å². The number of nitrogens with zero attached hydrogens (tertiary/aromatic N) is 2. The molecule has 3 heterocycles. The van der Waals surface area contributed by atoms with Gasteiger partial charge in [-0.15, -0.1) is 0 Å². The van der Waals surface area contributed by atoms with Crippen molar-refractivity contribution >= 4 is 33.6 Å². The fraction of sp³-hybridized carbons (Fsp3) is 0. The smallest absolute Gasteiger partial charge is 0.145 e. The molecule has 0 unspecified atom stereocenters. The molecule has 0 aliphatic heterocycles. The normalized spacial score (nSPS) is 11.0. The van der Waals surface area contributed by atoms with Crippen LogP contribution in [0.25, 0.3) is 16.9 Å². The molecule has 1 N–H and O–H groups in total. The highest BCUT2D eigenvalue weighted by Gasteiger charge is 2.06. The van der Waals surface area contributed by atoms with Gasteiger partial charge in [-0.2, -0.15) is 0 Å². The minimum Gasteiger partial charge on any atom is -0.456 e. The molecule has 0 aliphatic carbocycles. The highest BCUT2D eigenvalue weighted by atomic mass is 127. The van der Waals surface area contributed by atoms with Crippen molar-refractivity contribution in [1.82, 2.24) is 14.5 Å². The van der Waals surface area contributed by atoms with Crippen molar-refractivity contribution in [2.45, 2.75) is 0 Å². The van der Waals surface area contributed by atoms with E-state index in [1.165, 1.54) is 6.07 Å². The van der Waals surface area contributed by atoms with Crippen LogP contribution in [-0.4, -0.2) is 14.5 Å². The molecule has 0 bridgehead atoms.